The molecule has 6 N–H and O–H groups in total. The Hall–Kier alpha value is -5.44. The summed E-state index contributed by atoms with van der Waals surface area (Å²) in [6.07, 6.45) is 2.72. The fraction of sp³-hybridized carbons (Fsp3) is 0.190. The Balaban J connectivity index is 1.72. The highest BCUT2D eigenvalue weighted by molar-refractivity contribution is 6.31. The predicted octanol–water partition coefficient (Wildman–Crippen LogP) is 11.6. The molecule has 0 aliphatic rings. The van der Waals surface area contributed by atoms with Gasteiger partial charge >= 0.3 is 0 Å². The molecular formula is C42H38Cl2N2O6. The van der Waals surface area contributed by atoms with Gasteiger partial charge in [-0.2, -0.15) is 0 Å². The fourth-order valence-corrected chi connectivity index (χ4v) is 7.38. The number of aryl methyl sites for hydroxylation is 2. The molecule has 0 aliphatic carbocycles. The zero-order chi connectivity index (χ0) is 37.8. The number of hydrogen-bond donors (Lipinski definition) is 6. The van der Waals surface area contributed by atoms with Crippen LogP contribution in [0.2, 0.25) is 10.0 Å². The largest absolute Gasteiger partial charge is 0.507 e. The number of nitrogens with zero attached hydrogens (tertiary/aromatic N) is 2. The minimum absolute atomic E-state index is 0.0626. The highest BCUT2D eigenvalue weighted by Crippen LogP contribution is 2.54. The van der Waals surface area contributed by atoms with Crippen molar-refractivity contribution in [3.63, 3.8) is 0 Å². The van der Waals surface area contributed by atoms with E-state index in [1.807, 2.05) is 27.7 Å². The van der Waals surface area contributed by atoms with Gasteiger partial charge < -0.3 is 30.6 Å². The Morgan fingerprint density at radius 1 is 0.519 bits per heavy atom. The van der Waals surface area contributed by atoms with Crippen molar-refractivity contribution in [1.29, 1.82) is 0 Å². The molecule has 0 heterocycles. The normalized spacial score (nSPS) is 12.1. The lowest BCUT2D eigenvalue weighted by molar-refractivity contribution is 0.398. The number of halogens is 2. The van der Waals surface area contributed by atoms with Gasteiger partial charge in [0.25, 0.3) is 0 Å². The van der Waals surface area contributed by atoms with Gasteiger partial charge in [0.2, 0.25) is 0 Å². The molecule has 0 aliphatic heterocycles. The predicted molar refractivity (Wildman–Crippen MR) is 212 cm³/mol. The van der Waals surface area contributed by atoms with Gasteiger partial charge in [-0.1, -0.05) is 75.2 Å². The third-order valence-corrected chi connectivity index (χ3v) is 9.76. The van der Waals surface area contributed by atoms with Gasteiger partial charge in [0.05, 0.1) is 22.5 Å². The molecule has 0 radical (unpaired) electrons. The van der Waals surface area contributed by atoms with Crippen LogP contribution >= 0.6 is 23.2 Å². The molecule has 0 aromatic heterocycles. The van der Waals surface area contributed by atoms with Crippen LogP contribution < -0.4 is 0 Å². The summed E-state index contributed by atoms with van der Waals surface area (Å²) in [6, 6.07) is 17.2. The smallest absolute Gasteiger partial charge is 0.167 e. The summed E-state index contributed by atoms with van der Waals surface area (Å²) >= 11 is 12.4. The van der Waals surface area contributed by atoms with Crippen molar-refractivity contribution in [2.45, 2.75) is 53.4 Å². The highest BCUT2D eigenvalue weighted by atomic mass is 35.5. The SMILES string of the molecule is Cc1cc2c(C(C)C)c(O)c(O)c(C=Nc3cccc(Cl)c3)c2c(O)c1-c1c(C)cc2c(C(C)C)c(O)c(O)c(C=Nc3cccc(Cl)c3)c2c1O. The number of benzene rings is 6. The van der Waals surface area contributed by atoms with Gasteiger partial charge in [0.1, 0.15) is 11.5 Å². The Labute approximate surface area is 311 Å². The molecule has 0 atom stereocenters. The monoisotopic (exact) mass is 736 g/mol. The molecule has 0 amide bonds. The van der Waals surface area contributed by atoms with Gasteiger partial charge in [0.15, 0.2) is 23.0 Å². The number of phenols is 6. The minimum Gasteiger partial charge on any atom is -0.507 e. The van der Waals surface area contributed by atoms with E-state index in [1.54, 1.807) is 74.5 Å². The molecular weight excluding hydrogens is 699 g/mol. The van der Waals surface area contributed by atoms with E-state index < -0.39 is 11.5 Å². The second kappa shape index (κ2) is 13.9. The lowest BCUT2D eigenvalue weighted by Crippen LogP contribution is -2.01. The van der Waals surface area contributed by atoms with Crippen LogP contribution in [0.4, 0.5) is 11.4 Å². The van der Waals surface area contributed by atoms with Crippen LogP contribution in [0, 0.1) is 13.8 Å². The maximum atomic E-state index is 12.3. The number of fused-ring (bicyclic) bond motifs is 2. The van der Waals surface area contributed by atoms with Crippen molar-refractivity contribution in [3.8, 4) is 45.6 Å². The summed E-state index contributed by atoms with van der Waals surface area (Å²) in [5.74, 6) is -2.62. The number of hydrogen-bond acceptors (Lipinski definition) is 8. The topological polar surface area (TPSA) is 146 Å². The Bertz CT molecular complexity index is 2310. The van der Waals surface area contributed by atoms with Crippen LogP contribution in [-0.2, 0) is 0 Å². The summed E-state index contributed by atoms with van der Waals surface area (Å²) in [4.78, 5) is 8.99. The van der Waals surface area contributed by atoms with Crippen LogP contribution in [0.3, 0.4) is 0 Å². The van der Waals surface area contributed by atoms with E-state index in [4.69, 9.17) is 23.2 Å². The molecule has 0 bridgehead atoms. The Morgan fingerprint density at radius 3 is 1.21 bits per heavy atom. The average Bonchev–Trinajstić information content (AvgIpc) is 3.07. The van der Waals surface area contributed by atoms with E-state index in [1.165, 1.54) is 12.4 Å². The van der Waals surface area contributed by atoms with Crippen LogP contribution in [0.1, 0.15) is 72.9 Å². The Morgan fingerprint density at radius 2 is 0.885 bits per heavy atom. The zero-order valence-corrected chi connectivity index (χ0v) is 30.9. The van der Waals surface area contributed by atoms with E-state index in [2.05, 4.69) is 9.98 Å². The third-order valence-electron chi connectivity index (χ3n) is 9.29. The first-order valence-electron chi connectivity index (χ1n) is 16.7. The van der Waals surface area contributed by atoms with Crippen LogP contribution in [0.25, 0.3) is 32.7 Å². The molecule has 8 nitrogen and oxygen atoms in total. The molecule has 0 unspecified atom stereocenters. The van der Waals surface area contributed by atoms with Gasteiger partial charge in [-0.15, -0.1) is 0 Å². The molecule has 10 heteroatoms. The van der Waals surface area contributed by atoms with Crippen molar-refractivity contribution in [2.75, 3.05) is 0 Å². The lowest BCUT2D eigenvalue weighted by atomic mass is 9.83. The van der Waals surface area contributed by atoms with Crippen molar-refractivity contribution in [2.24, 2.45) is 9.98 Å². The molecule has 266 valence electrons. The van der Waals surface area contributed by atoms with Crippen molar-refractivity contribution >= 4 is 68.6 Å². The molecule has 6 rings (SSSR count). The second-order valence-electron chi connectivity index (χ2n) is 13.5. The fourth-order valence-electron chi connectivity index (χ4n) is 7.02. The van der Waals surface area contributed by atoms with E-state index in [-0.39, 0.29) is 67.9 Å². The maximum Gasteiger partial charge on any atom is 0.167 e. The standard InChI is InChI=1S/C42H38Cl2N2O6/c1-19(2)31-27-13-21(5)33(39(49)35(27)29(37(47)41(31)51)17-45-25-11-7-9-23(43)15-25)34-22(6)14-28-32(20(3)4)42(52)38(48)30(36(28)40(34)50)18-46-26-12-8-10-24(44)16-26/h7-20,47-52H,1-6H3. The first-order valence-corrected chi connectivity index (χ1v) is 17.5. The minimum atomic E-state index is -0.465. The summed E-state index contributed by atoms with van der Waals surface area (Å²) in [5, 5.41) is 72.3. The summed E-state index contributed by atoms with van der Waals surface area (Å²) in [6.45, 7) is 11.0. The first kappa shape index (κ1) is 36.4. The van der Waals surface area contributed by atoms with E-state index in [9.17, 15) is 30.6 Å². The third kappa shape index (κ3) is 6.22. The molecule has 6 aromatic carbocycles. The molecule has 0 spiro atoms. The lowest BCUT2D eigenvalue weighted by Gasteiger charge is -2.23. The molecule has 52 heavy (non-hydrogen) atoms. The number of aromatic hydroxyl groups is 6. The van der Waals surface area contributed by atoms with Gasteiger partial charge in [0, 0.05) is 55.5 Å². The van der Waals surface area contributed by atoms with Crippen LogP contribution in [0.5, 0.6) is 34.5 Å². The first-order chi connectivity index (χ1) is 24.6. The average molecular weight is 738 g/mol. The highest BCUT2D eigenvalue weighted by Gasteiger charge is 2.29. The quantitative estimate of drug-likeness (QED) is 0.0710. The summed E-state index contributed by atoms with van der Waals surface area (Å²) in [5.41, 5.74) is 3.60. The van der Waals surface area contributed by atoms with E-state index in [0.717, 1.165) is 0 Å². The van der Waals surface area contributed by atoms with E-state index >= 15 is 0 Å². The van der Waals surface area contributed by atoms with Gasteiger partial charge in [-0.25, -0.2) is 0 Å². The van der Waals surface area contributed by atoms with Crippen molar-refractivity contribution < 1.29 is 30.6 Å². The van der Waals surface area contributed by atoms with E-state index in [0.29, 0.717) is 54.4 Å². The molecule has 6 aromatic rings. The number of aliphatic imine (C=N–C) groups is 2. The van der Waals surface area contributed by atoms with Crippen LogP contribution in [-0.4, -0.2) is 43.1 Å². The summed E-state index contributed by atoms with van der Waals surface area (Å²) in [7, 11) is 0. The summed E-state index contributed by atoms with van der Waals surface area (Å²) < 4.78 is 0. The van der Waals surface area contributed by atoms with Gasteiger partial charge in [-0.05, 0) is 84.0 Å². The van der Waals surface area contributed by atoms with Crippen molar-refractivity contribution in [1.82, 2.24) is 0 Å². The Kier molecular flexibility index (Phi) is 9.75. The molecule has 0 fully saturated rings. The number of rotatable bonds is 7. The maximum absolute atomic E-state index is 12.3. The second-order valence-corrected chi connectivity index (χ2v) is 14.4. The van der Waals surface area contributed by atoms with Crippen molar-refractivity contribution in [3.05, 3.63) is 104 Å². The zero-order valence-electron chi connectivity index (χ0n) is 29.4. The van der Waals surface area contributed by atoms with Crippen LogP contribution in [0.15, 0.2) is 70.6 Å². The molecule has 0 saturated heterocycles. The molecule has 0 saturated carbocycles. The van der Waals surface area contributed by atoms with Gasteiger partial charge in [-0.3, -0.25) is 9.98 Å². The number of phenolic OH excluding ortho intramolecular Hbond substituents is 6.